The highest BCUT2D eigenvalue weighted by Crippen LogP contribution is 2.27. The minimum Gasteiger partial charge on any atom is -0.493 e. The summed E-state index contributed by atoms with van der Waals surface area (Å²) in [7, 11) is 5.14. The van der Waals surface area contributed by atoms with Crippen LogP contribution in [0.2, 0.25) is 0 Å². The Bertz CT molecular complexity index is 715. The van der Waals surface area contributed by atoms with E-state index in [9.17, 15) is 0 Å². The minimum atomic E-state index is 0. The number of methoxy groups -OCH3 is 2. The van der Waals surface area contributed by atoms with Gasteiger partial charge in [-0.15, -0.1) is 24.0 Å². The number of hydrogen-bond donors (Lipinski definition) is 2. The van der Waals surface area contributed by atoms with E-state index in [1.165, 1.54) is 0 Å². The van der Waals surface area contributed by atoms with Crippen LogP contribution in [0.3, 0.4) is 0 Å². The molecule has 1 aromatic carbocycles. The molecule has 3 N–H and O–H groups in total. The van der Waals surface area contributed by atoms with Gasteiger partial charge in [0.2, 0.25) is 0 Å². The average Bonchev–Trinajstić information content (AvgIpc) is 2.97. The SMILES string of the molecule is CCc1nn(C)cc1CNC(N)=NCc1ccc(OC)c(OC)c1.I. The molecule has 0 saturated carbocycles. The van der Waals surface area contributed by atoms with E-state index in [0.29, 0.717) is 30.5 Å². The topological polar surface area (TPSA) is 86.7 Å². The standard InChI is InChI=1S/C17H25N5O2.HI/c1-5-14-13(11-22(2)21-14)10-20-17(18)19-9-12-6-7-15(23-3)16(8-12)24-4;/h6-8,11H,5,9-10H2,1-4H3,(H3,18,19,20);1H. The summed E-state index contributed by atoms with van der Waals surface area (Å²) in [6, 6.07) is 5.69. The highest BCUT2D eigenvalue weighted by molar-refractivity contribution is 14.0. The predicted molar refractivity (Wildman–Crippen MR) is 110 cm³/mol. The first kappa shape index (κ1) is 21.1. The van der Waals surface area contributed by atoms with Gasteiger partial charge >= 0.3 is 0 Å². The van der Waals surface area contributed by atoms with Crippen LogP contribution < -0.4 is 20.5 Å². The number of aromatic nitrogens is 2. The van der Waals surface area contributed by atoms with E-state index >= 15 is 0 Å². The lowest BCUT2D eigenvalue weighted by molar-refractivity contribution is 0.354. The predicted octanol–water partition coefficient (Wildman–Crippen LogP) is 2.22. The summed E-state index contributed by atoms with van der Waals surface area (Å²) in [5.41, 5.74) is 9.14. The Hall–Kier alpha value is -1.97. The molecule has 25 heavy (non-hydrogen) atoms. The fourth-order valence-electron chi connectivity index (χ4n) is 2.43. The van der Waals surface area contributed by atoms with Crippen LogP contribution in [-0.4, -0.2) is 30.0 Å². The summed E-state index contributed by atoms with van der Waals surface area (Å²) in [6.07, 6.45) is 2.88. The van der Waals surface area contributed by atoms with Crippen LogP contribution in [-0.2, 0) is 26.6 Å². The molecule has 2 aromatic rings. The number of aliphatic imine (C=N–C) groups is 1. The van der Waals surface area contributed by atoms with Crippen molar-refractivity contribution in [3.8, 4) is 11.5 Å². The Morgan fingerprint density at radius 1 is 1.28 bits per heavy atom. The van der Waals surface area contributed by atoms with Crippen molar-refractivity contribution in [1.82, 2.24) is 15.1 Å². The number of guanidine groups is 1. The molecule has 0 aliphatic heterocycles. The number of rotatable bonds is 7. The number of nitrogens with two attached hydrogens (primary N) is 1. The lowest BCUT2D eigenvalue weighted by Gasteiger charge is -2.09. The lowest BCUT2D eigenvalue weighted by Crippen LogP contribution is -2.31. The lowest BCUT2D eigenvalue weighted by atomic mass is 10.2. The maximum atomic E-state index is 5.95. The number of nitrogens with zero attached hydrogens (tertiary/aromatic N) is 3. The van der Waals surface area contributed by atoms with Crippen molar-refractivity contribution >= 4 is 29.9 Å². The van der Waals surface area contributed by atoms with Gasteiger partial charge in [0.05, 0.1) is 26.5 Å². The van der Waals surface area contributed by atoms with Crippen molar-refractivity contribution in [2.45, 2.75) is 26.4 Å². The summed E-state index contributed by atoms with van der Waals surface area (Å²) in [5.74, 6) is 1.77. The Kier molecular flexibility index (Phi) is 8.53. The van der Waals surface area contributed by atoms with Crippen molar-refractivity contribution in [2.75, 3.05) is 14.2 Å². The molecule has 1 aromatic heterocycles. The van der Waals surface area contributed by atoms with Crippen LogP contribution >= 0.6 is 24.0 Å². The zero-order valence-electron chi connectivity index (χ0n) is 15.1. The molecule has 0 atom stereocenters. The second kappa shape index (κ2) is 10.1. The number of nitrogens with one attached hydrogen (secondary N) is 1. The summed E-state index contributed by atoms with van der Waals surface area (Å²) < 4.78 is 12.3. The van der Waals surface area contributed by atoms with Gasteiger partial charge in [0, 0.05) is 25.4 Å². The molecule has 0 fully saturated rings. The van der Waals surface area contributed by atoms with Gasteiger partial charge in [-0.25, -0.2) is 4.99 Å². The minimum absolute atomic E-state index is 0. The van der Waals surface area contributed by atoms with Crippen molar-refractivity contribution in [2.24, 2.45) is 17.8 Å². The summed E-state index contributed by atoms with van der Waals surface area (Å²) in [6.45, 7) is 3.16. The first-order chi connectivity index (χ1) is 11.6. The summed E-state index contributed by atoms with van der Waals surface area (Å²) >= 11 is 0. The second-order valence-corrected chi connectivity index (χ2v) is 5.37. The van der Waals surface area contributed by atoms with Crippen LogP contribution in [0.15, 0.2) is 29.4 Å². The largest absolute Gasteiger partial charge is 0.493 e. The molecule has 0 saturated heterocycles. The van der Waals surface area contributed by atoms with E-state index in [-0.39, 0.29) is 24.0 Å². The van der Waals surface area contributed by atoms with E-state index in [1.807, 2.05) is 36.1 Å². The maximum Gasteiger partial charge on any atom is 0.189 e. The van der Waals surface area contributed by atoms with E-state index in [0.717, 1.165) is 23.2 Å². The third-order valence-electron chi connectivity index (χ3n) is 3.67. The molecular formula is C17H26IN5O2. The van der Waals surface area contributed by atoms with Gasteiger partial charge in [0.15, 0.2) is 17.5 Å². The average molecular weight is 459 g/mol. The van der Waals surface area contributed by atoms with E-state index in [2.05, 4.69) is 22.3 Å². The summed E-state index contributed by atoms with van der Waals surface area (Å²) in [5, 5.41) is 7.53. The Morgan fingerprint density at radius 2 is 2.00 bits per heavy atom. The van der Waals surface area contributed by atoms with E-state index in [4.69, 9.17) is 15.2 Å². The van der Waals surface area contributed by atoms with Crippen LogP contribution in [0.5, 0.6) is 11.5 Å². The van der Waals surface area contributed by atoms with Gasteiger partial charge in [-0.1, -0.05) is 13.0 Å². The third kappa shape index (κ3) is 5.80. The molecule has 0 spiro atoms. The zero-order valence-corrected chi connectivity index (χ0v) is 17.4. The molecule has 7 nitrogen and oxygen atoms in total. The number of ether oxygens (including phenoxy) is 2. The van der Waals surface area contributed by atoms with Crippen LogP contribution in [0.25, 0.3) is 0 Å². The van der Waals surface area contributed by atoms with Crippen molar-refractivity contribution in [1.29, 1.82) is 0 Å². The Morgan fingerprint density at radius 3 is 2.64 bits per heavy atom. The van der Waals surface area contributed by atoms with Gasteiger partial charge < -0.3 is 20.5 Å². The maximum absolute atomic E-state index is 5.95. The van der Waals surface area contributed by atoms with Gasteiger partial charge in [0.25, 0.3) is 0 Å². The first-order valence-corrected chi connectivity index (χ1v) is 7.83. The van der Waals surface area contributed by atoms with Crippen molar-refractivity contribution in [3.63, 3.8) is 0 Å². The second-order valence-electron chi connectivity index (χ2n) is 5.37. The van der Waals surface area contributed by atoms with Crippen molar-refractivity contribution in [3.05, 3.63) is 41.2 Å². The molecule has 0 aliphatic carbocycles. The highest BCUT2D eigenvalue weighted by Gasteiger charge is 2.06. The number of halogens is 1. The number of benzene rings is 1. The molecule has 2 rings (SSSR count). The number of aryl methyl sites for hydroxylation is 2. The third-order valence-corrected chi connectivity index (χ3v) is 3.67. The normalized spacial score (nSPS) is 11.0. The van der Waals surface area contributed by atoms with E-state index < -0.39 is 0 Å². The summed E-state index contributed by atoms with van der Waals surface area (Å²) in [4.78, 5) is 4.36. The molecule has 138 valence electrons. The Labute approximate surface area is 165 Å². The molecule has 1 heterocycles. The van der Waals surface area contributed by atoms with Gasteiger partial charge in [-0.2, -0.15) is 5.10 Å². The van der Waals surface area contributed by atoms with Gasteiger partial charge in [0.1, 0.15) is 0 Å². The fraction of sp³-hybridized carbons (Fsp3) is 0.412. The zero-order chi connectivity index (χ0) is 17.5. The molecule has 0 amide bonds. The highest BCUT2D eigenvalue weighted by atomic mass is 127. The van der Waals surface area contributed by atoms with E-state index in [1.54, 1.807) is 14.2 Å². The number of hydrogen-bond acceptors (Lipinski definition) is 4. The molecule has 0 aliphatic rings. The van der Waals surface area contributed by atoms with Crippen LogP contribution in [0.4, 0.5) is 0 Å². The smallest absolute Gasteiger partial charge is 0.189 e. The molecule has 0 bridgehead atoms. The molecule has 8 heteroatoms. The Balaban J connectivity index is 0.00000312. The van der Waals surface area contributed by atoms with Crippen LogP contribution in [0.1, 0.15) is 23.7 Å². The van der Waals surface area contributed by atoms with Gasteiger partial charge in [-0.3, -0.25) is 4.68 Å². The first-order valence-electron chi connectivity index (χ1n) is 7.83. The van der Waals surface area contributed by atoms with Gasteiger partial charge in [-0.05, 0) is 24.1 Å². The quantitative estimate of drug-likeness (QED) is 0.377. The van der Waals surface area contributed by atoms with Crippen molar-refractivity contribution < 1.29 is 9.47 Å². The van der Waals surface area contributed by atoms with Crippen LogP contribution in [0, 0.1) is 0 Å². The molecule has 0 radical (unpaired) electrons. The molecular weight excluding hydrogens is 433 g/mol. The molecule has 0 unspecified atom stereocenters. The monoisotopic (exact) mass is 459 g/mol. The fourth-order valence-corrected chi connectivity index (χ4v) is 2.43.